The molecule has 2 aromatic rings. The van der Waals surface area contributed by atoms with Crippen molar-refractivity contribution in [2.75, 3.05) is 0 Å². The Morgan fingerprint density at radius 2 is 1.54 bits per heavy atom. The lowest BCUT2D eigenvalue weighted by atomic mass is 9.88. The third kappa shape index (κ3) is 3.24. The number of Topliss-reactive ketones (excluding diaryl/α,β-unsaturated/α-hetero) is 1. The molecule has 0 fully saturated rings. The van der Waals surface area contributed by atoms with Gasteiger partial charge in [-0.25, -0.2) is 0 Å². The van der Waals surface area contributed by atoms with E-state index in [1.165, 1.54) is 0 Å². The number of nitrogens with zero attached hydrogens (tertiary/aromatic N) is 2. The molecule has 0 aromatic heterocycles. The maximum Gasteiger partial charge on any atom is 0.347 e. The van der Waals surface area contributed by atoms with Crippen LogP contribution in [0.25, 0.3) is 0 Å². The highest BCUT2D eigenvalue weighted by Crippen LogP contribution is 2.33. The number of nitriles is 1. The van der Waals surface area contributed by atoms with Gasteiger partial charge >= 0.3 is 5.70 Å². The van der Waals surface area contributed by atoms with E-state index in [1.54, 1.807) is 4.58 Å². The van der Waals surface area contributed by atoms with E-state index in [0.29, 0.717) is 11.1 Å². The maximum atomic E-state index is 13.3. The van der Waals surface area contributed by atoms with Crippen LogP contribution in [0, 0.1) is 30.6 Å². The zero-order chi connectivity index (χ0) is 20.5. The molecular formula is C24H22N3O+. The quantitative estimate of drug-likeness (QED) is 0.377. The number of carbonyl (C=O) groups excluding carboxylic acids is 1. The molecule has 0 radical (unpaired) electrons. The van der Waals surface area contributed by atoms with E-state index in [-0.39, 0.29) is 11.5 Å². The lowest BCUT2D eigenvalue weighted by molar-refractivity contribution is -0.531. The van der Waals surface area contributed by atoms with Crippen molar-refractivity contribution < 1.29 is 9.37 Å². The summed E-state index contributed by atoms with van der Waals surface area (Å²) in [5, 5.41) is 17.1. The minimum absolute atomic E-state index is 0.0727. The van der Waals surface area contributed by atoms with E-state index < -0.39 is 5.54 Å². The van der Waals surface area contributed by atoms with Crippen molar-refractivity contribution >= 4 is 17.4 Å². The Morgan fingerprint density at radius 3 is 2.04 bits per heavy atom. The predicted molar refractivity (Wildman–Crippen MR) is 110 cm³/mol. The van der Waals surface area contributed by atoms with Crippen LogP contribution < -0.4 is 0 Å². The van der Waals surface area contributed by atoms with Crippen molar-refractivity contribution in [3.05, 3.63) is 88.1 Å². The number of rotatable bonds is 4. The maximum absolute atomic E-state index is 13.3. The monoisotopic (exact) mass is 368 g/mol. The van der Waals surface area contributed by atoms with Crippen molar-refractivity contribution in [3.63, 3.8) is 0 Å². The number of hydrogen-bond donors (Lipinski definition) is 1. The lowest BCUT2D eigenvalue weighted by Crippen LogP contribution is -2.39. The standard InChI is InChI=1S/C24H22N3O/c1-16-5-9-18(10-6-16)22-13-21(23(28)19-11-7-17(2)8-12-19)24(3,4)27(22)20(14-25)15-26/h5-13,25H,1-4H3/q+1. The van der Waals surface area contributed by atoms with Gasteiger partial charge < -0.3 is 0 Å². The average Bonchev–Trinajstić information content (AvgIpc) is 2.95. The summed E-state index contributed by atoms with van der Waals surface area (Å²) >= 11 is 0. The Morgan fingerprint density at radius 1 is 1.00 bits per heavy atom. The topological polar surface area (TPSA) is 67.7 Å². The first kappa shape index (κ1) is 19.2. The molecule has 0 saturated carbocycles. The molecule has 0 spiro atoms. The van der Waals surface area contributed by atoms with Crippen molar-refractivity contribution in [2.45, 2.75) is 33.2 Å². The van der Waals surface area contributed by atoms with Crippen LogP contribution in [0.4, 0.5) is 0 Å². The van der Waals surface area contributed by atoms with Gasteiger partial charge in [-0.15, -0.1) is 0 Å². The second-order valence-electron chi connectivity index (χ2n) is 7.48. The van der Waals surface area contributed by atoms with Crippen molar-refractivity contribution in [3.8, 4) is 6.07 Å². The van der Waals surface area contributed by atoms with Crippen molar-refractivity contribution in [2.24, 2.45) is 0 Å². The van der Waals surface area contributed by atoms with Gasteiger partial charge in [0.15, 0.2) is 17.4 Å². The summed E-state index contributed by atoms with van der Waals surface area (Å²) in [4.78, 5) is 13.3. The Bertz CT molecular complexity index is 1100. The predicted octanol–water partition coefficient (Wildman–Crippen LogP) is 4.36. The summed E-state index contributed by atoms with van der Waals surface area (Å²) in [6.45, 7) is 7.76. The van der Waals surface area contributed by atoms with Crippen LogP contribution in [0.2, 0.25) is 0 Å². The van der Waals surface area contributed by atoms with Crippen LogP contribution in [0.5, 0.6) is 0 Å². The molecule has 1 N–H and O–H groups in total. The summed E-state index contributed by atoms with van der Waals surface area (Å²) in [5.41, 5.74) is 4.27. The van der Waals surface area contributed by atoms with Gasteiger partial charge in [0, 0.05) is 31.1 Å². The van der Waals surface area contributed by atoms with E-state index in [0.717, 1.165) is 22.4 Å². The zero-order valence-corrected chi connectivity index (χ0v) is 16.5. The minimum Gasteiger partial charge on any atom is -0.289 e. The van der Waals surface area contributed by atoms with E-state index in [1.807, 2.05) is 88.4 Å². The first-order valence-electron chi connectivity index (χ1n) is 9.07. The van der Waals surface area contributed by atoms with Crippen LogP contribution in [-0.2, 0) is 0 Å². The van der Waals surface area contributed by atoms with Gasteiger partial charge in [-0.3, -0.25) is 10.2 Å². The molecule has 0 bridgehead atoms. The third-order valence-corrected chi connectivity index (χ3v) is 5.09. The molecule has 0 unspecified atom stereocenters. The molecule has 28 heavy (non-hydrogen) atoms. The number of allylic oxidation sites excluding steroid dienone is 2. The largest absolute Gasteiger partial charge is 0.347 e. The first-order chi connectivity index (χ1) is 13.3. The molecule has 2 aromatic carbocycles. The summed E-state index contributed by atoms with van der Waals surface area (Å²) in [7, 11) is 0. The fourth-order valence-electron chi connectivity index (χ4n) is 3.47. The first-order valence-corrected chi connectivity index (χ1v) is 9.07. The van der Waals surface area contributed by atoms with E-state index in [9.17, 15) is 10.1 Å². The number of carbonyl (C=O) groups is 1. The summed E-state index contributed by atoms with van der Waals surface area (Å²) < 4.78 is 1.73. The molecular weight excluding hydrogens is 346 g/mol. The highest BCUT2D eigenvalue weighted by Gasteiger charge is 2.48. The van der Waals surface area contributed by atoms with Gasteiger partial charge in [0.05, 0.1) is 11.4 Å². The summed E-state index contributed by atoms with van der Waals surface area (Å²) in [6.07, 6.45) is 1.83. The van der Waals surface area contributed by atoms with Gasteiger partial charge in [0.1, 0.15) is 0 Å². The molecule has 3 rings (SSSR count). The van der Waals surface area contributed by atoms with Gasteiger partial charge in [0.2, 0.25) is 5.71 Å². The van der Waals surface area contributed by atoms with Crippen LogP contribution in [0.15, 0.2) is 65.9 Å². The highest BCUT2D eigenvalue weighted by atomic mass is 16.1. The number of ketones is 1. The Kier molecular flexibility index (Phi) is 4.96. The van der Waals surface area contributed by atoms with E-state index in [2.05, 4.69) is 5.87 Å². The third-order valence-electron chi connectivity index (χ3n) is 5.09. The second-order valence-corrected chi connectivity index (χ2v) is 7.48. The van der Waals surface area contributed by atoms with Gasteiger partial charge in [0.25, 0.3) is 0 Å². The smallest absolute Gasteiger partial charge is 0.289 e. The molecule has 0 amide bonds. The van der Waals surface area contributed by atoms with E-state index in [4.69, 9.17) is 5.41 Å². The zero-order valence-electron chi connectivity index (χ0n) is 16.5. The van der Waals surface area contributed by atoms with Crippen LogP contribution in [0.1, 0.15) is 40.9 Å². The highest BCUT2D eigenvalue weighted by molar-refractivity contribution is 6.18. The molecule has 138 valence electrons. The van der Waals surface area contributed by atoms with Crippen LogP contribution in [0.3, 0.4) is 0 Å². The van der Waals surface area contributed by atoms with Crippen molar-refractivity contribution in [1.29, 1.82) is 10.7 Å². The molecule has 4 nitrogen and oxygen atoms in total. The normalized spacial score (nSPS) is 14.9. The molecule has 0 atom stereocenters. The van der Waals surface area contributed by atoms with Crippen LogP contribution >= 0.6 is 0 Å². The number of benzene rings is 2. The number of nitrogens with one attached hydrogen (secondary N) is 1. The van der Waals surface area contributed by atoms with Crippen LogP contribution in [-0.4, -0.2) is 27.5 Å². The Labute approximate surface area is 165 Å². The number of hydrogen-bond acceptors (Lipinski definition) is 3. The fourth-order valence-corrected chi connectivity index (χ4v) is 3.47. The fraction of sp³-hybridized carbons (Fsp3) is 0.208. The molecule has 1 heterocycles. The van der Waals surface area contributed by atoms with Gasteiger partial charge in [-0.2, -0.15) is 9.84 Å². The summed E-state index contributed by atoms with van der Waals surface area (Å²) in [5.74, 6) is 2.15. The van der Waals surface area contributed by atoms with Crippen molar-refractivity contribution in [1.82, 2.24) is 0 Å². The van der Waals surface area contributed by atoms with E-state index >= 15 is 0 Å². The molecule has 0 saturated heterocycles. The summed E-state index contributed by atoms with van der Waals surface area (Å²) in [6, 6.07) is 17.4. The molecule has 0 aliphatic carbocycles. The lowest BCUT2D eigenvalue weighted by Gasteiger charge is -2.19. The van der Waals surface area contributed by atoms with Gasteiger partial charge in [-0.05, 0) is 26.0 Å². The second kappa shape index (κ2) is 7.23. The molecule has 1 aliphatic heterocycles. The Hall–Kier alpha value is -3.54. The average molecular weight is 368 g/mol. The van der Waals surface area contributed by atoms with Gasteiger partial charge in [-0.1, -0.05) is 47.5 Å². The molecule has 4 heteroatoms. The SMILES string of the molecule is Cc1ccc(C(=O)C2=CC(c3ccc(C)cc3)=[N+](C(=C=N)C#N)C2(C)C)cc1. The Balaban J connectivity index is 2.20. The number of aryl methyl sites for hydroxylation is 2. The minimum atomic E-state index is -0.790. The molecule has 1 aliphatic rings.